The van der Waals surface area contributed by atoms with Gasteiger partial charge in [-0.25, -0.2) is 0 Å². The molecule has 72 valence electrons. The van der Waals surface area contributed by atoms with Crippen molar-refractivity contribution in [2.24, 2.45) is 0 Å². The van der Waals surface area contributed by atoms with E-state index in [1.165, 1.54) is 11.5 Å². The molecule has 1 fully saturated rings. The van der Waals surface area contributed by atoms with E-state index in [0.29, 0.717) is 6.04 Å². The zero-order valence-electron chi connectivity index (χ0n) is 7.73. The van der Waals surface area contributed by atoms with E-state index < -0.39 is 0 Å². The first-order chi connectivity index (χ1) is 6.34. The van der Waals surface area contributed by atoms with Crippen molar-refractivity contribution in [1.82, 2.24) is 19.8 Å². The minimum absolute atomic E-state index is 0.598. The van der Waals surface area contributed by atoms with Crippen LogP contribution in [-0.4, -0.2) is 40.2 Å². The van der Waals surface area contributed by atoms with Gasteiger partial charge in [0.15, 0.2) is 0 Å². The van der Waals surface area contributed by atoms with Crippen LogP contribution in [-0.2, 0) is 6.54 Å². The lowest BCUT2D eigenvalue weighted by molar-refractivity contribution is 0.197. The predicted octanol–water partition coefficient (Wildman–Crippen LogP) is 0.332. The van der Waals surface area contributed by atoms with E-state index in [-0.39, 0.29) is 0 Å². The lowest BCUT2D eigenvalue weighted by Crippen LogP contribution is -2.48. The third-order valence-electron chi connectivity index (χ3n) is 2.24. The third-order valence-corrected chi connectivity index (χ3v) is 2.80. The first kappa shape index (κ1) is 9.05. The maximum atomic E-state index is 4.04. The van der Waals surface area contributed by atoms with Gasteiger partial charge in [0.1, 0.15) is 0 Å². The largest absolute Gasteiger partial charge is 0.312 e. The van der Waals surface area contributed by atoms with E-state index >= 15 is 0 Å². The molecule has 1 aliphatic heterocycles. The lowest BCUT2D eigenvalue weighted by atomic mass is 10.2. The minimum Gasteiger partial charge on any atom is -0.312 e. The Morgan fingerprint density at radius 1 is 1.77 bits per heavy atom. The lowest BCUT2D eigenvalue weighted by Gasteiger charge is -2.30. The molecule has 0 aliphatic carbocycles. The highest BCUT2D eigenvalue weighted by atomic mass is 32.1. The van der Waals surface area contributed by atoms with E-state index in [1.54, 1.807) is 0 Å². The molecule has 1 aromatic heterocycles. The van der Waals surface area contributed by atoms with Gasteiger partial charge in [-0.05, 0) is 18.5 Å². The Balaban J connectivity index is 1.87. The molecule has 2 heterocycles. The van der Waals surface area contributed by atoms with Crippen molar-refractivity contribution < 1.29 is 0 Å². The second-order valence-corrected chi connectivity index (χ2v) is 4.10. The fourth-order valence-electron chi connectivity index (χ4n) is 1.64. The summed E-state index contributed by atoms with van der Waals surface area (Å²) in [5.41, 5.74) is 1.10. The Kier molecular flexibility index (Phi) is 2.87. The molecule has 1 aromatic rings. The Bertz CT molecular complexity index is 249. The summed E-state index contributed by atoms with van der Waals surface area (Å²) in [6.07, 6.45) is 0. The van der Waals surface area contributed by atoms with Crippen molar-refractivity contribution in [3.8, 4) is 0 Å². The van der Waals surface area contributed by atoms with Gasteiger partial charge in [-0.15, -0.1) is 5.10 Å². The number of hydrogen-bond acceptors (Lipinski definition) is 5. The summed E-state index contributed by atoms with van der Waals surface area (Å²) in [5.74, 6) is 0. The molecular weight excluding hydrogens is 184 g/mol. The first-order valence-electron chi connectivity index (χ1n) is 4.56. The van der Waals surface area contributed by atoms with Crippen LogP contribution in [0, 0.1) is 0 Å². The van der Waals surface area contributed by atoms with Crippen LogP contribution in [0.2, 0.25) is 0 Å². The van der Waals surface area contributed by atoms with Gasteiger partial charge in [0.2, 0.25) is 0 Å². The second kappa shape index (κ2) is 4.13. The van der Waals surface area contributed by atoms with Crippen LogP contribution in [0.25, 0.3) is 0 Å². The maximum Gasteiger partial charge on any atom is 0.0895 e. The molecule has 0 saturated carbocycles. The molecule has 13 heavy (non-hydrogen) atoms. The normalized spacial score (nSPS) is 24.8. The van der Waals surface area contributed by atoms with Crippen molar-refractivity contribution in [2.45, 2.75) is 19.5 Å². The van der Waals surface area contributed by atoms with Crippen molar-refractivity contribution in [3.63, 3.8) is 0 Å². The quantitative estimate of drug-likeness (QED) is 0.743. The summed E-state index contributed by atoms with van der Waals surface area (Å²) in [5, 5.41) is 9.48. The molecule has 0 radical (unpaired) electrons. The van der Waals surface area contributed by atoms with E-state index in [9.17, 15) is 0 Å². The fraction of sp³-hybridized carbons (Fsp3) is 0.750. The molecule has 1 N–H and O–H groups in total. The van der Waals surface area contributed by atoms with Gasteiger partial charge in [-0.2, -0.15) is 0 Å². The summed E-state index contributed by atoms with van der Waals surface area (Å²) in [4.78, 5) is 2.41. The minimum atomic E-state index is 0.598. The number of rotatable bonds is 2. The van der Waals surface area contributed by atoms with Crippen LogP contribution in [0.3, 0.4) is 0 Å². The molecule has 5 heteroatoms. The summed E-state index contributed by atoms with van der Waals surface area (Å²) in [6.45, 7) is 6.46. The fourth-order valence-corrected chi connectivity index (χ4v) is 2.08. The van der Waals surface area contributed by atoms with E-state index in [4.69, 9.17) is 0 Å². The molecule has 2 rings (SSSR count). The second-order valence-electron chi connectivity index (χ2n) is 3.49. The highest BCUT2D eigenvalue weighted by Crippen LogP contribution is 2.05. The zero-order valence-corrected chi connectivity index (χ0v) is 8.55. The van der Waals surface area contributed by atoms with Gasteiger partial charge in [0, 0.05) is 37.6 Å². The molecule has 0 amide bonds. The van der Waals surface area contributed by atoms with Crippen LogP contribution in [0.5, 0.6) is 0 Å². The number of aromatic nitrogens is 2. The standard InChI is InChI=1S/C8H14N4S/c1-7-4-12(3-2-9-7)5-8-6-13-11-10-8/h6-7,9H,2-5H2,1H3/t7-/m0/s1. The molecule has 0 bridgehead atoms. The highest BCUT2D eigenvalue weighted by molar-refractivity contribution is 7.03. The molecule has 1 aliphatic rings. The summed E-state index contributed by atoms with van der Waals surface area (Å²) < 4.78 is 3.86. The van der Waals surface area contributed by atoms with Crippen LogP contribution >= 0.6 is 11.5 Å². The molecule has 0 unspecified atom stereocenters. The van der Waals surface area contributed by atoms with E-state index in [1.807, 2.05) is 5.38 Å². The summed E-state index contributed by atoms with van der Waals surface area (Å²) >= 11 is 1.43. The van der Waals surface area contributed by atoms with Gasteiger partial charge in [0.05, 0.1) is 5.69 Å². The summed E-state index contributed by atoms with van der Waals surface area (Å²) in [7, 11) is 0. The smallest absolute Gasteiger partial charge is 0.0895 e. The maximum absolute atomic E-state index is 4.04. The molecule has 1 atom stereocenters. The molecule has 0 aromatic carbocycles. The Labute approximate surface area is 82.1 Å². The number of nitrogens with one attached hydrogen (secondary N) is 1. The predicted molar refractivity (Wildman–Crippen MR) is 52.7 cm³/mol. The van der Waals surface area contributed by atoms with Gasteiger partial charge in [-0.1, -0.05) is 4.49 Å². The topological polar surface area (TPSA) is 41.1 Å². The SMILES string of the molecule is C[C@H]1CN(Cc2csnn2)CCN1. The number of piperazine rings is 1. The van der Waals surface area contributed by atoms with Crippen LogP contribution in [0.1, 0.15) is 12.6 Å². The number of nitrogens with zero attached hydrogens (tertiary/aromatic N) is 3. The van der Waals surface area contributed by atoms with E-state index in [2.05, 4.69) is 26.7 Å². The van der Waals surface area contributed by atoms with Gasteiger partial charge in [-0.3, -0.25) is 4.90 Å². The van der Waals surface area contributed by atoms with Gasteiger partial charge >= 0.3 is 0 Å². The van der Waals surface area contributed by atoms with Crippen molar-refractivity contribution in [1.29, 1.82) is 0 Å². The highest BCUT2D eigenvalue weighted by Gasteiger charge is 2.15. The Morgan fingerprint density at radius 3 is 3.38 bits per heavy atom. The molecule has 1 saturated heterocycles. The van der Waals surface area contributed by atoms with Crippen molar-refractivity contribution in [3.05, 3.63) is 11.1 Å². The van der Waals surface area contributed by atoms with Crippen LogP contribution in [0.4, 0.5) is 0 Å². The molecule has 0 spiro atoms. The number of hydrogen-bond donors (Lipinski definition) is 1. The zero-order chi connectivity index (χ0) is 9.10. The van der Waals surface area contributed by atoms with Gasteiger partial charge < -0.3 is 5.32 Å². The molecular formula is C8H14N4S. The van der Waals surface area contributed by atoms with Crippen LogP contribution in [0.15, 0.2) is 5.38 Å². The summed E-state index contributed by atoms with van der Waals surface area (Å²) in [6, 6.07) is 0.598. The third kappa shape index (κ3) is 2.46. The average Bonchev–Trinajstić information content (AvgIpc) is 2.57. The van der Waals surface area contributed by atoms with Crippen molar-refractivity contribution in [2.75, 3.05) is 19.6 Å². The van der Waals surface area contributed by atoms with E-state index in [0.717, 1.165) is 31.9 Å². The monoisotopic (exact) mass is 198 g/mol. The van der Waals surface area contributed by atoms with Crippen molar-refractivity contribution >= 4 is 11.5 Å². The average molecular weight is 198 g/mol. The Morgan fingerprint density at radius 2 is 2.69 bits per heavy atom. The van der Waals surface area contributed by atoms with Crippen LogP contribution < -0.4 is 5.32 Å². The Hall–Kier alpha value is -0.520. The van der Waals surface area contributed by atoms with Gasteiger partial charge in [0.25, 0.3) is 0 Å². The first-order valence-corrected chi connectivity index (χ1v) is 5.40. The molecule has 4 nitrogen and oxygen atoms in total.